The molecule has 5 heteroatoms. The van der Waals surface area contributed by atoms with Crippen LogP contribution in [0.4, 0.5) is 5.82 Å². The molecule has 0 bridgehead atoms. The lowest BCUT2D eigenvalue weighted by Gasteiger charge is -2.17. The van der Waals surface area contributed by atoms with Crippen LogP contribution in [0.2, 0.25) is 0 Å². The number of carbonyl (C=O) groups is 1. The zero-order chi connectivity index (χ0) is 14.3. The van der Waals surface area contributed by atoms with Gasteiger partial charge in [0.05, 0.1) is 0 Å². The lowest BCUT2D eigenvalue weighted by atomic mass is 10.0. The maximum absolute atomic E-state index is 12.0. The van der Waals surface area contributed by atoms with Crippen molar-refractivity contribution >= 4 is 11.7 Å². The van der Waals surface area contributed by atoms with Crippen LogP contribution in [-0.4, -0.2) is 28.7 Å². The lowest BCUT2D eigenvalue weighted by Crippen LogP contribution is -2.34. The van der Waals surface area contributed by atoms with Gasteiger partial charge in [0.2, 0.25) is 0 Å². The third kappa shape index (κ3) is 5.24. The summed E-state index contributed by atoms with van der Waals surface area (Å²) in [5.74, 6) is 1.13. The maximum atomic E-state index is 12.0. The Morgan fingerprint density at radius 2 is 2.00 bits per heavy atom. The molecule has 1 aromatic rings. The highest BCUT2D eigenvalue weighted by atomic mass is 16.2. The van der Waals surface area contributed by atoms with Crippen molar-refractivity contribution in [2.45, 2.75) is 46.6 Å². The summed E-state index contributed by atoms with van der Waals surface area (Å²) in [5.41, 5.74) is 0.359. The first-order chi connectivity index (χ1) is 9.06. The van der Waals surface area contributed by atoms with Crippen molar-refractivity contribution in [2.75, 3.05) is 11.9 Å². The average Bonchev–Trinajstić information content (AvgIpc) is 2.39. The number of nitrogens with zero attached hydrogens (tertiary/aromatic N) is 2. The van der Waals surface area contributed by atoms with Gasteiger partial charge in [0.15, 0.2) is 5.69 Å². The van der Waals surface area contributed by atoms with Gasteiger partial charge in [-0.3, -0.25) is 4.79 Å². The summed E-state index contributed by atoms with van der Waals surface area (Å²) in [6.45, 7) is 9.13. The number of hydrogen-bond acceptors (Lipinski definition) is 4. The van der Waals surface area contributed by atoms with Crippen LogP contribution in [0, 0.1) is 5.92 Å². The van der Waals surface area contributed by atoms with Gasteiger partial charge in [-0.1, -0.05) is 20.3 Å². The third-order valence-corrected chi connectivity index (χ3v) is 3.09. The third-order valence-electron chi connectivity index (χ3n) is 3.09. The zero-order valence-electron chi connectivity index (χ0n) is 12.2. The van der Waals surface area contributed by atoms with Crippen LogP contribution in [-0.2, 0) is 0 Å². The molecule has 19 heavy (non-hydrogen) atoms. The predicted octanol–water partition coefficient (Wildman–Crippen LogP) is 2.46. The summed E-state index contributed by atoms with van der Waals surface area (Å²) < 4.78 is 0. The number of carbonyl (C=O) groups excluding carboxylic acids is 1. The standard InChI is InChI=1S/C14H24N4O/c1-5-10(3)9-11(4)16-14(19)12-7-8-13(15-6-2)18-17-12/h7-8,10-11H,5-6,9H2,1-4H3,(H,15,18)(H,16,19). The number of amides is 1. The second-order valence-electron chi connectivity index (χ2n) is 4.96. The smallest absolute Gasteiger partial charge is 0.272 e. The first-order valence-corrected chi connectivity index (χ1v) is 6.95. The van der Waals surface area contributed by atoms with E-state index in [1.165, 1.54) is 0 Å². The molecule has 0 spiro atoms. The molecule has 0 aliphatic rings. The van der Waals surface area contributed by atoms with E-state index < -0.39 is 0 Å². The molecule has 2 unspecified atom stereocenters. The Morgan fingerprint density at radius 1 is 1.26 bits per heavy atom. The van der Waals surface area contributed by atoms with E-state index >= 15 is 0 Å². The van der Waals surface area contributed by atoms with Gasteiger partial charge in [-0.15, -0.1) is 10.2 Å². The molecule has 0 saturated carbocycles. The molecule has 0 aliphatic heterocycles. The molecule has 1 amide bonds. The van der Waals surface area contributed by atoms with Gasteiger partial charge in [0.1, 0.15) is 5.82 Å². The van der Waals surface area contributed by atoms with Gasteiger partial charge in [-0.05, 0) is 38.3 Å². The van der Waals surface area contributed by atoms with Crippen LogP contribution in [0.15, 0.2) is 12.1 Å². The monoisotopic (exact) mass is 264 g/mol. The second kappa shape index (κ2) is 7.71. The van der Waals surface area contributed by atoms with Crippen LogP contribution in [0.3, 0.4) is 0 Å². The van der Waals surface area contributed by atoms with Crippen LogP contribution in [0.5, 0.6) is 0 Å². The highest BCUT2D eigenvalue weighted by Gasteiger charge is 2.13. The van der Waals surface area contributed by atoms with Crippen LogP contribution in [0.25, 0.3) is 0 Å². The number of hydrogen-bond donors (Lipinski definition) is 2. The van der Waals surface area contributed by atoms with Crippen molar-refractivity contribution in [3.05, 3.63) is 17.8 Å². The molecule has 0 aromatic carbocycles. The molecule has 0 radical (unpaired) electrons. The number of aromatic nitrogens is 2. The van der Waals surface area contributed by atoms with Gasteiger partial charge in [-0.25, -0.2) is 0 Å². The van der Waals surface area contributed by atoms with E-state index in [-0.39, 0.29) is 11.9 Å². The number of nitrogens with one attached hydrogen (secondary N) is 2. The lowest BCUT2D eigenvalue weighted by molar-refractivity contribution is 0.0929. The van der Waals surface area contributed by atoms with Gasteiger partial charge in [-0.2, -0.15) is 0 Å². The van der Waals surface area contributed by atoms with Gasteiger partial charge < -0.3 is 10.6 Å². The molecule has 1 aromatic heterocycles. The Bertz CT molecular complexity index is 391. The van der Waals surface area contributed by atoms with Crippen LogP contribution in [0.1, 0.15) is 51.0 Å². The average molecular weight is 264 g/mol. The Kier molecular flexibility index (Phi) is 6.25. The molecule has 2 atom stereocenters. The topological polar surface area (TPSA) is 66.9 Å². The summed E-state index contributed by atoms with van der Waals surface area (Å²) in [7, 11) is 0. The van der Waals surface area contributed by atoms with Gasteiger partial charge >= 0.3 is 0 Å². The van der Waals surface area contributed by atoms with Crippen molar-refractivity contribution in [1.29, 1.82) is 0 Å². The largest absolute Gasteiger partial charge is 0.369 e. The fourth-order valence-electron chi connectivity index (χ4n) is 1.86. The molecule has 1 rings (SSSR count). The summed E-state index contributed by atoms with van der Waals surface area (Å²) in [6, 6.07) is 3.61. The van der Waals surface area contributed by atoms with Crippen LogP contribution < -0.4 is 10.6 Å². The molecule has 1 heterocycles. The summed E-state index contributed by atoms with van der Waals surface area (Å²) >= 11 is 0. The van der Waals surface area contributed by atoms with E-state index in [4.69, 9.17) is 0 Å². The van der Waals surface area contributed by atoms with E-state index in [2.05, 4.69) is 34.7 Å². The summed E-state index contributed by atoms with van der Waals surface area (Å²) in [6.07, 6.45) is 2.10. The number of rotatable bonds is 7. The minimum absolute atomic E-state index is 0.151. The Balaban J connectivity index is 2.53. The fourth-order valence-corrected chi connectivity index (χ4v) is 1.86. The van der Waals surface area contributed by atoms with Gasteiger partial charge in [0, 0.05) is 12.6 Å². The normalized spacial score (nSPS) is 13.7. The molecule has 5 nitrogen and oxygen atoms in total. The second-order valence-corrected chi connectivity index (χ2v) is 4.96. The van der Waals surface area contributed by atoms with Crippen molar-refractivity contribution in [3.63, 3.8) is 0 Å². The maximum Gasteiger partial charge on any atom is 0.272 e. The van der Waals surface area contributed by atoms with E-state index in [0.29, 0.717) is 17.4 Å². The molecular weight excluding hydrogens is 240 g/mol. The first kappa shape index (κ1) is 15.4. The van der Waals surface area contributed by atoms with E-state index in [0.717, 1.165) is 19.4 Å². The predicted molar refractivity (Wildman–Crippen MR) is 77.2 cm³/mol. The summed E-state index contributed by atoms with van der Waals surface area (Å²) in [4.78, 5) is 12.0. The highest BCUT2D eigenvalue weighted by Crippen LogP contribution is 2.10. The zero-order valence-corrected chi connectivity index (χ0v) is 12.2. The fraction of sp³-hybridized carbons (Fsp3) is 0.643. The molecule has 0 fully saturated rings. The molecule has 0 aliphatic carbocycles. The Hall–Kier alpha value is -1.65. The van der Waals surface area contributed by atoms with Crippen LogP contribution >= 0.6 is 0 Å². The minimum Gasteiger partial charge on any atom is -0.369 e. The van der Waals surface area contributed by atoms with E-state index in [1.807, 2.05) is 13.8 Å². The molecule has 2 N–H and O–H groups in total. The first-order valence-electron chi connectivity index (χ1n) is 6.95. The molecular formula is C14H24N4O. The molecule has 106 valence electrons. The van der Waals surface area contributed by atoms with Gasteiger partial charge in [0.25, 0.3) is 5.91 Å². The Morgan fingerprint density at radius 3 is 2.53 bits per heavy atom. The molecule has 0 saturated heterocycles. The Labute approximate surface area is 115 Å². The quantitative estimate of drug-likeness (QED) is 0.794. The van der Waals surface area contributed by atoms with Crippen molar-refractivity contribution < 1.29 is 4.79 Å². The van der Waals surface area contributed by atoms with Crippen molar-refractivity contribution in [3.8, 4) is 0 Å². The highest BCUT2D eigenvalue weighted by molar-refractivity contribution is 5.92. The van der Waals surface area contributed by atoms with Crippen molar-refractivity contribution in [1.82, 2.24) is 15.5 Å². The van der Waals surface area contributed by atoms with E-state index in [1.54, 1.807) is 12.1 Å². The van der Waals surface area contributed by atoms with Crippen molar-refractivity contribution in [2.24, 2.45) is 5.92 Å². The SMILES string of the molecule is CCNc1ccc(C(=O)NC(C)CC(C)CC)nn1. The minimum atomic E-state index is -0.161. The summed E-state index contributed by atoms with van der Waals surface area (Å²) in [5, 5.41) is 13.9. The number of anilines is 1. The van der Waals surface area contributed by atoms with E-state index in [9.17, 15) is 4.79 Å².